The minimum Gasteiger partial charge on any atom is -0.444 e. The van der Waals surface area contributed by atoms with Gasteiger partial charge in [0, 0.05) is 33.4 Å². The summed E-state index contributed by atoms with van der Waals surface area (Å²) in [7, 11) is 3.48. The lowest BCUT2D eigenvalue weighted by atomic mass is 10.1. The van der Waals surface area contributed by atoms with E-state index >= 15 is 0 Å². The SMILES string of the molecule is CN=C(NCc1ccc(CN(C)C(=O)OC(C)(C)C)cc1)NCc1ccccn1.I. The molecular formula is C22H32IN5O2. The summed E-state index contributed by atoms with van der Waals surface area (Å²) in [6, 6.07) is 13.9. The molecule has 1 amide bonds. The Morgan fingerprint density at radius 3 is 2.27 bits per heavy atom. The molecule has 2 N–H and O–H groups in total. The molecule has 30 heavy (non-hydrogen) atoms. The number of hydrogen-bond donors (Lipinski definition) is 2. The number of rotatable bonds is 6. The van der Waals surface area contributed by atoms with Gasteiger partial charge in [0.25, 0.3) is 0 Å². The largest absolute Gasteiger partial charge is 0.444 e. The fraction of sp³-hybridized carbons (Fsp3) is 0.409. The van der Waals surface area contributed by atoms with Crippen molar-refractivity contribution in [3.05, 3.63) is 65.5 Å². The molecule has 2 aromatic rings. The van der Waals surface area contributed by atoms with E-state index < -0.39 is 5.60 Å². The first-order valence-corrected chi connectivity index (χ1v) is 9.63. The van der Waals surface area contributed by atoms with Crippen LogP contribution in [-0.4, -0.2) is 41.6 Å². The van der Waals surface area contributed by atoms with Gasteiger partial charge in [0.05, 0.1) is 12.2 Å². The third-order valence-electron chi connectivity index (χ3n) is 3.99. The molecule has 0 aliphatic rings. The first-order valence-electron chi connectivity index (χ1n) is 9.63. The Morgan fingerprint density at radius 2 is 1.70 bits per heavy atom. The number of pyridine rings is 1. The molecule has 0 unspecified atom stereocenters. The summed E-state index contributed by atoms with van der Waals surface area (Å²) in [5.74, 6) is 0.712. The molecule has 0 saturated heterocycles. The van der Waals surface area contributed by atoms with Gasteiger partial charge in [0.2, 0.25) is 0 Å². The number of hydrogen-bond acceptors (Lipinski definition) is 4. The van der Waals surface area contributed by atoms with Gasteiger partial charge in [0.15, 0.2) is 5.96 Å². The van der Waals surface area contributed by atoms with Gasteiger partial charge in [-0.2, -0.15) is 0 Å². The van der Waals surface area contributed by atoms with E-state index in [2.05, 4.69) is 20.6 Å². The number of ether oxygens (including phenoxy) is 1. The highest BCUT2D eigenvalue weighted by atomic mass is 127. The van der Waals surface area contributed by atoms with Crippen LogP contribution in [0.4, 0.5) is 4.79 Å². The van der Waals surface area contributed by atoms with Crippen molar-refractivity contribution in [3.63, 3.8) is 0 Å². The van der Waals surface area contributed by atoms with Crippen LogP contribution in [0.25, 0.3) is 0 Å². The molecule has 1 aromatic carbocycles. The molecular weight excluding hydrogens is 493 g/mol. The lowest BCUT2D eigenvalue weighted by Crippen LogP contribution is -2.36. The van der Waals surface area contributed by atoms with Gasteiger partial charge in [-0.15, -0.1) is 24.0 Å². The van der Waals surface area contributed by atoms with Crippen LogP contribution in [0.15, 0.2) is 53.7 Å². The van der Waals surface area contributed by atoms with Gasteiger partial charge in [-0.1, -0.05) is 30.3 Å². The quantitative estimate of drug-likeness (QED) is 0.340. The fourth-order valence-electron chi connectivity index (χ4n) is 2.52. The second kappa shape index (κ2) is 12.4. The molecule has 1 heterocycles. The summed E-state index contributed by atoms with van der Waals surface area (Å²) in [4.78, 5) is 22.2. The first-order chi connectivity index (χ1) is 13.8. The lowest BCUT2D eigenvalue weighted by Gasteiger charge is -2.24. The van der Waals surface area contributed by atoms with Gasteiger partial charge in [-0.3, -0.25) is 9.98 Å². The van der Waals surface area contributed by atoms with Gasteiger partial charge in [-0.25, -0.2) is 4.79 Å². The van der Waals surface area contributed by atoms with Crippen molar-refractivity contribution in [1.82, 2.24) is 20.5 Å². The number of halogens is 1. The summed E-state index contributed by atoms with van der Waals surface area (Å²) in [6.07, 6.45) is 1.45. The second-order valence-corrected chi connectivity index (χ2v) is 7.75. The molecule has 2 rings (SSSR count). The molecule has 0 fully saturated rings. The maximum Gasteiger partial charge on any atom is 0.410 e. The molecule has 8 heteroatoms. The highest BCUT2D eigenvalue weighted by molar-refractivity contribution is 14.0. The lowest BCUT2D eigenvalue weighted by molar-refractivity contribution is 0.0285. The molecule has 0 aliphatic carbocycles. The Balaban J connectivity index is 0.00000450. The van der Waals surface area contributed by atoms with E-state index in [4.69, 9.17) is 4.74 Å². The number of amides is 1. The minimum absolute atomic E-state index is 0. The number of aromatic nitrogens is 1. The van der Waals surface area contributed by atoms with Gasteiger partial charge in [-0.05, 0) is 44.0 Å². The second-order valence-electron chi connectivity index (χ2n) is 7.75. The predicted molar refractivity (Wildman–Crippen MR) is 131 cm³/mol. The van der Waals surface area contributed by atoms with Crippen LogP contribution < -0.4 is 10.6 Å². The predicted octanol–water partition coefficient (Wildman–Crippen LogP) is 3.93. The van der Waals surface area contributed by atoms with Crippen LogP contribution in [0.3, 0.4) is 0 Å². The summed E-state index contributed by atoms with van der Waals surface area (Å²) >= 11 is 0. The van der Waals surface area contributed by atoms with E-state index in [0.29, 0.717) is 25.6 Å². The average molecular weight is 525 g/mol. The molecule has 0 bridgehead atoms. The normalized spacial score (nSPS) is 11.3. The minimum atomic E-state index is -0.496. The number of guanidine groups is 1. The molecule has 7 nitrogen and oxygen atoms in total. The Bertz CT molecular complexity index is 805. The average Bonchev–Trinajstić information content (AvgIpc) is 2.68. The maximum absolute atomic E-state index is 12.1. The van der Waals surface area contributed by atoms with E-state index in [9.17, 15) is 4.79 Å². The molecule has 1 aromatic heterocycles. The highest BCUT2D eigenvalue weighted by Crippen LogP contribution is 2.12. The Hall–Kier alpha value is -2.36. The number of carbonyl (C=O) groups excluding carboxylic acids is 1. The van der Waals surface area contributed by atoms with E-state index in [-0.39, 0.29) is 30.1 Å². The van der Waals surface area contributed by atoms with Crippen molar-refractivity contribution >= 4 is 36.0 Å². The summed E-state index contributed by atoms with van der Waals surface area (Å²) in [5.41, 5.74) is 2.62. The third kappa shape index (κ3) is 9.43. The molecule has 0 spiro atoms. The van der Waals surface area contributed by atoms with Gasteiger partial charge >= 0.3 is 6.09 Å². The standard InChI is InChI=1S/C22H31N5O2.HI/c1-22(2,3)29-21(28)27(5)16-18-11-9-17(10-12-18)14-25-20(23-4)26-15-19-8-6-7-13-24-19;/h6-13H,14-16H2,1-5H3,(H2,23,25,26);1H. The number of benzene rings is 1. The number of nitrogens with zero attached hydrogens (tertiary/aromatic N) is 3. The van der Waals surface area contributed by atoms with Crippen molar-refractivity contribution in [1.29, 1.82) is 0 Å². The first kappa shape index (κ1) is 25.7. The maximum atomic E-state index is 12.1. The van der Waals surface area contributed by atoms with E-state index in [0.717, 1.165) is 16.8 Å². The number of nitrogens with one attached hydrogen (secondary N) is 2. The van der Waals surface area contributed by atoms with E-state index in [1.54, 1.807) is 25.2 Å². The van der Waals surface area contributed by atoms with Gasteiger partial charge < -0.3 is 20.3 Å². The number of aliphatic imine (C=N–C) groups is 1. The number of carbonyl (C=O) groups is 1. The summed E-state index contributed by atoms with van der Waals surface area (Å²) in [6.45, 7) is 7.33. The topological polar surface area (TPSA) is 78.9 Å². The zero-order valence-corrected chi connectivity index (χ0v) is 20.6. The zero-order valence-electron chi connectivity index (χ0n) is 18.3. The van der Waals surface area contributed by atoms with Crippen LogP contribution >= 0.6 is 24.0 Å². The zero-order chi connectivity index (χ0) is 21.3. The Morgan fingerprint density at radius 1 is 1.07 bits per heavy atom. The van der Waals surface area contributed by atoms with Crippen LogP contribution in [-0.2, 0) is 24.4 Å². The smallest absolute Gasteiger partial charge is 0.410 e. The van der Waals surface area contributed by atoms with Crippen LogP contribution in [0.5, 0.6) is 0 Å². The Kier molecular flexibility index (Phi) is 10.6. The molecule has 0 aliphatic heterocycles. The Labute approximate surface area is 196 Å². The molecule has 0 atom stereocenters. The molecule has 0 saturated carbocycles. The third-order valence-corrected chi connectivity index (χ3v) is 3.99. The monoisotopic (exact) mass is 525 g/mol. The molecule has 0 radical (unpaired) electrons. The fourth-order valence-corrected chi connectivity index (χ4v) is 2.52. The molecule has 164 valence electrons. The highest BCUT2D eigenvalue weighted by Gasteiger charge is 2.19. The van der Waals surface area contributed by atoms with Crippen LogP contribution in [0, 0.1) is 0 Å². The van der Waals surface area contributed by atoms with Crippen molar-refractivity contribution in [3.8, 4) is 0 Å². The van der Waals surface area contributed by atoms with Crippen molar-refractivity contribution in [2.75, 3.05) is 14.1 Å². The van der Waals surface area contributed by atoms with Crippen molar-refractivity contribution in [2.45, 2.75) is 46.0 Å². The van der Waals surface area contributed by atoms with Crippen molar-refractivity contribution in [2.24, 2.45) is 4.99 Å². The van der Waals surface area contributed by atoms with Gasteiger partial charge in [0.1, 0.15) is 5.60 Å². The van der Waals surface area contributed by atoms with E-state index in [1.165, 1.54) is 0 Å². The summed E-state index contributed by atoms with van der Waals surface area (Å²) in [5, 5.41) is 6.53. The van der Waals surface area contributed by atoms with Crippen LogP contribution in [0.2, 0.25) is 0 Å². The van der Waals surface area contributed by atoms with E-state index in [1.807, 2.05) is 63.2 Å². The van der Waals surface area contributed by atoms with Crippen molar-refractivity contribution < 1.29 is 9.53 Å². The summed E-state index contributed by atoms with van der Waals surface area (Å²) < 4.78 is 5.38. The van der Waals surface area contributed by atoms with Crippen LogP contribution in [0.1, 0.15) is 37.6 Å².